The second-order valence-corrected chi connectivity index (χ2v) is 2.22. The first-order chi connectivity index (χ1) is 4.20. The molecule has 0 radical (unpaired) electrons. The highest BCUT2D eigenvalue weighted by Gasteiger charge is 2.23. The van der Waals surface area contributed by atoms with Crippen molar-refractivity contribution in [3.8, 4) is 0 Å². The molecule has 52 valence electrons. The molecule has 0 aliphatic carbocycles. The molecule has 1 rings (SSSR count). The van der Waals surface area contributed by atoms with Crippen LogP contribution in [0, 0.1) is 0 Å². The minimum Gasteiger partial charge on any atom is -0.458 e. The Bertz CT molecular complexity index is 121. The van der Waals surface area contributed by atoms with E-state index >= 15 is 0 Å². The largest absolute Gasteiger partial charge is 0.458 e. The maximum absolute atomic E-state index is 10.7. The lowest BCUT2D eigenvalue weighted by Gasteiger charge is -2.23. The molecule has 1 aliphatic heterocycles. The van der Waals surface area contributed by atoms with E-state index in [0.29, 0.717) is 6.61 Å². The molecule has 0 aromatic heterocycles. The van der Waals surface area contributed by atoms with Crippen LogP contribution in [-0.4, -0.2) is 24.8 Å². The normalized spacial score (nSPS) is 36.0. The van der Waals surface area contributed by atoms with Crippen molar-refractivity contribution in [3.05, 3.63) is 0 Å². The van der Waals surface area contributed by atoms with Gasteiger partial charge in [0.15, 0.2) is 6.10 Å². The quantitative estimate of drug-likeness (QED) is 0.443. The Kier molecular flexibility index (Phi) is 1.71. The Morgan fingerprint density at radius 3 is 2.67 bits per heavy atom. The molecule has 0 amide bonds. The van der Waals surface area contributed by atoms with Crippen LogP contribution in [-0.2, 0) is 14.3 Å². The van der Waals surface area contributed by atoms with Gasteiger partial charge in [-0.15, -0.1) is 0 Å². The Labute approximate surface area is 53.9 Å². The van der Waals surface area contributed by atoms with Crippen molar-refractivity contribution >= 4 is 5.97 Å². The van der Waals surface area contributed by atoms with Crippen LogP contribution >= 0.6 is 0 Å². The van der Waals surface area contributed by atoms with Crippen LogP contribution in [0.25, 0.3) is 0 Å². The summed E-state index contributed by atoms with van der Waals surface area (Å²) in [5, 5.41) is 0. The van der Waals surface area contributed by atoms with Gasteiger partial charge in [0.2, 0.25) is 0 Å². The number of rotatable bonds is 0. The summed E-state index contributed by atoms with van der Waals surface area (Å²) < 4.78 is 9.86. The van der Waals surface area contributed by atoms with Gasteiger partial charge in [0.25, 0.3) is 0 Å². The number of hydrogen-bond donors (Lipinski definition) is 0. The van der Waals surface area contributed by atoms with Gasteiger partial charge in [0.05, 0.1) is 6.61 Å². The summed E-state index contributed by atoms with van der Waals surface area (Å²) in [5.74, 6) is -0.256. The van der Waals surface area contributed by atoms with E-state index in [9.17, 15) is 4.79 Å². The van der Waals surface area contributed by atoms with E-state index in [1.54, 1.807) is 6.92 Å². The lowest BCUT2D eigenvalue weighted by Crippen LogP contribution is -2.36. The lowest BCUT2D eigenvalue weighted by atomic mass is 10.3. The zero-order valence-electron chi connectivity index (χ0n) is 5.59. The van der Waals surface area contributed by atoms with Gasteiger partial charge in [-0.25, -0.2) is 4.79 Å². The first-order valence-electron chi connectivity index (χ1n) is 3.02. The average molecular weight is 130 g/mol. The van der Waals surface area contributed by atoms with Crippen LogP contribution in [0.3, 0.4) is 0 Å². The third kappa shape index (κ3) is 1.42. The van der Waals surface area contributed by atoms with Gasteiger partial charge in [-0.2, -0.15) is 0 Å². The second kappa shape index (κ2) is 2.35. The zero-order chi connectivity index (χ0) is 6.85. The van der Waals surface area contributed by atoms with E-state index in [-0.39, 0.29) is 18.2 Å². The van der Waals surface area contributed by atoms with Crippen LogP contribution in [0.5, 0.6) is 0 Å². The molecule has 0 N–H and O–H groups in total. The predicted octanol–water partition coefficient (Wildman–Crippen LogP) is 0.337. The monoisotopic (exact) mass is 130 g/mol. The van der Waals surface area contributed by atoms with Crippen molar-refractivity contribution in [2.75, 3.05) is 6.61 Å². The summed E-state index contributed by atoms with van der Waals surface area (Å²) in [6, 6.07) is 0. The Hall–Kier alpha value is -0.570. The average Bonchev–Trinajstić information content (AvgIpc) is 1.80. The maximum atomic E-state index is 10.7. The van der Waals surface area contributed by atoms with E-state index in [1.165, 1.54) is 0 Å². The van der Waals surface area contributed by atoms with Crippen LogP contribution in [0.15, 0.2) is 0 Å². The summed E-state index contributed by atoms with van der Waals surface area (Å²) in [6.07, 6.45) is -0.449. The van der Waals surface area contributed by atoms with Crippen LogP contribution < -0.4 is 0 Å². The number of carbonyl (C=O) groups excluding carboxylic acids is 1. The fourth-order valence-corrected chi connectivity index (χ4v) is 0.676. The molecular weight excluding hydrogens is 120 g/mol. The fourth-order valence-electron chi connectivity index (χ4n) is 0.676. The molecule has 1 saturated heterocycles. The van der Waals surface area contributed by atoms with Gasteiger partial charge in [0.1, 0.15) is 6.10 Å². The summed E-state index contributed by atoms with van der Waals surface area (Å²) >= 11 is 0. The third-order valence-corrected chi connectivity index (χ3v) is 1.23. The molecule has 1 aliphatic rings. The standard InChI is InChI=1S/C6H10O3/c1-4-3-8-5(2)6(7)9-4/h4-5H,3H2,1-2H3. The minimum absolute atomic E-state index is 0.0753. The van der Waals surface area contributed by atoms with Crippen molar-refractivity contribution in [2.45, 2.75) is 26.1 Å². The number of ether oxygens (including phenoxy) is 2. The molecule has 0 bridgehead atoms. The molecule has 0 aromatic rings. The molecule has 0 aromatic carbocycles. The summed E-state index contributed by atoms with van der Waals surface area (Å²) in [4.78, 5) is 10.7. The Morgan fingerprint density at radius 2 is 2.22 bits per heavy atom. The van der Waals surface area contributed by atoms with E-state index in [4.69, 9.17) is 9.47 Å². The SMILES string of the molecule is CC1COC(C)C(=O)O1. The molecule has 1 fully saturated rings. The van der Waals surface area contributed by atoms with E-state index in [1.807, 2.05) is 6.92 Å². The highest BCUT2D eigenvalue weighted by Crippen LogP contribution is 2.06. The summed E-state index contributed by atoms with van der Waals surface area (Å²) in [5.41, 5.74) is 0. The van der Waals surface area contributed by atoms with Gasteiger partial charge < -0.3 is 9.47 Å². The van der Waals surface area contributed by atoms with Crippen molar-refractivity contribution in [2.24, 2.45) is 0 Å². The topological polar surface area (TPSA) is 35.5 Å². The van der Waals surface area contributed by atoms with Gasteiger partial charge in [0, 0.05) is 0 Å². The van der Waals surface area contributed by atoms with Gasteiger partial charge in [-0.05, 0) is 13.8 Å². The summed E-state index contributed by atoms with van der Waals surface area (Å²) in [7, 11) is 0. The molecule has 1 heterocycles. The van der Waals surface area contributed by atoms with Crippen molar-refractivity contribution in [3.63, 3.8) is 0 Å². The van der Waals surface area contributed by atoms with Gasteiger partial charge in [-0.1, -0.05) is 0 Å². The molecule has 0 spiro atoms. The summed E-state index contributed by atoms with van der Waals surface area (Å²) in [6.45, 7) is 4.02. The van der Waals surface area contributed by atoms with E-state index in [0.717, 1.165) is 0 Å². The first-order valence-corrected chi connectivity index (χ1v) is 3.02. The highest BCUT2D eigenvalue weighted by atomic mass is 16.6. The third-order valence-electron chi connectivity index (χ3n) is 1.23. The van der Waals surface area contributed by atoms with Crippen molar-refractivity contribution < 1.29 is 14.3 Å². The Balaban J connectivity index is 2.44. The maximum Gasteiger partial charge on any atom is 0.335 e. The van der Waals surface area contributed by atoms with Crippen LogP contribution in [0.1, 0.15) is 13.8 Å². The predicted molar refractivity (Wildman–Crippen MR) is 31.0 cm³/mol. The van der Waals surface area contributed by atoms with Gasteiger partial charge >= 0.3 is 5.97 Å². The molecule has 3 nitrogen and oxygen atoms in total. The minimum atomic E-state index is -0.374. The Morgan fingerprint density at radius 1 is 1.56 bits per heavy atom. The van der Waals surface area contributed by atoms with Crippen molar-refractivity contribution in [1.82, 2.24) is 0 Å². The van der Waals surface area contributed by atoms with Crippen molar-refractivity contribution in [1.29, 1.82) is 0 Å². The number of carbonyl (C=O) groups is 1. The molecule has 2 atom stereocenters. The zero-order valence-corrected chi connectivity index (χ0v) is 5.59. The molecule has 2 unspecified atom stereocenters. The number of esters is 1. The fraction of sp³-hybridized carbons (Fsp3) is 0.833. The molecule has 0 saturated carbocycles. The first kappa shape index (κ1) is 6.55. The number of hydrogen-bond acceptors (Lipinski definition) is 3. The number of cyclic esters (lactones) is 1. The van der Waals surface area contributed by atoms with E-state index < -0.39 is 0 Å². The second-order valence-electron chi connectivity index (χ2n) is 2.22. The smallest absolute Gasteiger partial charge is 0.335 e. The van der Waals surface area contributed by atoms with Gasteiger partial charge in [-0.3, -0.25) is 0 Å². The highest BCUT2D eigenvalue weighted by molar-refractivity contribution is 5.74. The molecule has 3 heteroatoms. The lowest BCUT2D eigenvalue weighted by molar-refractivity contribution is -0.179. The molecule has 9 heavy (non-hydrogen) atoms. The molecular formula is C6H10O3. The van der Waals surface area contributed by atoms with Crippen LogP contribution in [0.4, 0.5) is 0 Å². The van der Waals surface area contributed by atoms with Crippen LogP contribution in [0.2, 0.25) is 0 Å². The van der Waals surface area contributed by atoms with E-state index in [2.05, 4.69) is 0 Å².